The van der Waals surface area contributed by atoms with Crippen molar-refractivity contribution in [3.63, 3.8) is 0 Å². The van der Waals surface area contributed by atoms with Gasteiger partial charge in [0.25, 0.3) is 10.0 Å². The summed E-state index contributed by atoms with van der Waals surface area (Å²) in [5.74, 6) is 0.651. The van der Waals surface area contributed by atoms with Gasteiger partial charge in [0.2, 0.25) is 0 Å². The van der Waals surface area contributed by atoms with Gasteiger partial charge in [-0.15, -0.1) is 0 Å². The molecule has 0 bridgehead atoms. The van der Waals surface area contributed by atoms with Crippen molar-refractivity contribution in [2.45, 2.75) is 11.8 Å². The molecule has 0 aliphatic carbocycles. The number of hydrogen-bond acceptors (Lipinski definition) is 4. The van der Waals surface area contributed by atoms with E-state index < -0.39 is 10.0 Å². The van der Waals surface area contributed by atoms with Crippen LogP contribution in [0.1, 0.15) is 5.56 Å². The summed E-state index contributed by atoms with van der Waals surface area (Å²) in [6.07, 6.45) is 1.43. The molecule has 8 heteroatoms. The predicted molar refractivity (Wildman–Crippen MR) is 85.5 cm³/mol. The van der Waals surface area contributed by atoms with Gasteiger partial charge in [0.15, 0.2) is 0 Å². The number of pyridine rings is 1. The quantitative estimate of drug-likeness (QED) is 0.808. The molecule has 2 aromatic rings. The first-order valence-electron chi connectivity index (χ1n) is 5.82. The number of rotatable bonds is 4. The van der Waals surface area contributed by atoms with Gasteiger partial charge in [0.05, 0.1) is 12.8 Å². The Morgan fingerprint density at radius 1 is 1.33 bits per heavy atom. The Bertz CT molecular complexity index is 781. The van der Waals surface area contributed by atoms with Crippen molar-refractivity contribution < 1.29 is 13.2 Å². The van der Waals surface area contributed by atoms with E-state index in [4.69, 9.17) is 16.3 Å². The lowest BCUT2D eigenvalue weighted by atomic mass is 10.2. The molecule has 112 valence electrons. The first kappa shape index (κ1) is 16.1. The van der Waals surface area contributed by atoms with E-state index in [9.17, 15) is 8.42 Å². The van der Waals surface area contributed by atoms with Gasteiger partial charge in [-0.05, 0) is 52.7 Å². The lowest BCUT2D eigenvalue weighted by Gasteiger charge is -2.12. The molecule has 0 spiro atoms. The van der Waals surface area contributed by atoms with Crippen LogP contribution in [0.3, 0.4) is 0 Å². The number of aryl methyl sites for hydroxylation is 1. The van der Waals surface area contributed by atoms with Crippen molar-refractivity contribution in [2.24, 2.45) is 0 Å². The minimum atomic E-state index is -3.82. The van der Waals surface area contributed by atoms with Crippen LogP contribution in [-0.2, 0) is 10.0 Å². The largest absolute Gasteiger partial charge is 0.497 e. The standard InChI is InChI=1S/C13H12BrClN2O3S/c1-8-5-10(20-2)3-4-11(8)17-21(18,19)12-6-9(14)7-16-13(12)15/h3-7,17H,1-2H3. The number of nitrogens with zero attached hydrogens (tertiary/aromatic N) is 1. The van der Waals surface area contributed by atoms with Crippen LogP contribution in [0.2, 0.25) is 5.15 Å². The smallest absolute Gasteiger partial charge is 0.265 e. The Hall–Kier alpha value is -1.31. The minimum Gasteiger partial charge on any atom is -0.497 e. The summed E-state index contributed by atoms with van der Waals surface area (Å²) < 4.78 is 32.9. The molecule has 1 aromatic heterocycles. The molecule has 5 nitrogen and oxygen atoms in total. The molecule has 0 aliphatic heterocycles. The molecule has 0 saturated carbocycles. The first-order valence-corrected chi connectivity index (χ1v) is 8.47. The number of anilines is 1. The SMILES string of the molecule is COc1ccc(NS(=O)(=O)c2cc(Br)cnc2Cl)c(C)c1. The fraction of sp³-hybridized carbons (Fsp3) is 0.154. The second kappa shape index (κ2) is 6.21. The second-order valence-electron chi connectivity index (χ2n) is 4.23. The average Bonchev–Trinajstić information content (AvgIpc) is 2.43. The van der Waals surface area contributed by atoms with Crippen molar-refractivity contribution in [1.82, 2.24) is 4.98 Å². The number of benzene rings is 1. The summed E-state index contributed by atoms with van der Waals surface area (Å²) in [7, 11) is -2.28. The van der Waals surface area contributed by atoms with Crippen LogP contribution in [0.15, 0.2) is 39.8 Å². The molecular weight excluding hydrogens is 380 g/mol. The Morgan fingerprint density at radius 3 is 2.67 bits per heavy atom. The third-order valence-corrected chi connectivity index (χ3v) is 4.97. The lowest BCUT2D eigenvalue weighted by Crippen LogP contribution is -2.14. The molecule has 1 N–H and O–H groups in total. The van der Waals surface area contributed by atoms with E-state index in [1.165, 1.54) is 12.3 Å². The van der Waals surface area contributed by atoms with Gasteiger partial charge in [0.1, 0.15) is 15.8 Å². The highest BCUT2D eigenvalue weighted by Crippen LogP contribution is 2.27. The third kappa shape index (κ3) is 3.66. The Morgan fingerprint density at radius 2 is 2.05 bits per heavy atom. The molecule has 0 aliphatic rings. The van der Waals surface area contributed by atoms with Gasteiger partial charge in [0, 0.05) is 10.7 Å². The lowest BCUT2D eigenvalue weighted by molar-refractivity contribution is 0.414. The predicted octanol–water partition coefficient (Wildman–Crippen LogP) is 3.62. The number of halogens is 2. The maximum atomic E-state index is 12.4. The molecular formula is C13H12BrClN2O3S. The van der Waals surface area contributed by atoms with E-state index in [0.29, 0.717) is 15.9 Å². The van der Waals surface area contributed by atoms with Gasteiger partial charge in [-0.1, -0.05) is 11.6 Å². The molecule has 0 saturated heterocycles. The van der Waals surface area contributed by atoms with Gasteiger partial charge in [-0.2, -0.15) is 0 Å². The van der Waals surface area contributed by atoms with Gasteiger partial charge >= 0.3 is 0 Å². The number of nitrogens with one attached hydrogen (secondary N) is 1. The highest BCUT2D eigenvalue weighted by atomic mass is 79.9. The highest BCUT2D eigenvalue weighted by molar-refractivity contribution is 9.10. The average molecular weight is 392 g/mol. The van der Waals surface area contributed by atoms with Crippen molar-refractivity contribution >= 4 is 43.2 Å². The third-order valence-electron chi connectivity index (χ3n) is 2.74. The monoisotopic (exact) mass is 390 g/mol. The molecule has 1 heterocycles. The van der Waals surface area contributed by atoms with Gasteiger partial charge in [-0.3, -0.25) is 4.72 Å². The minimum absolute atomic E-state index is 0.0862. The van der Waals surface area contributed by atoms with Crippen LogP contribution >= 0.6 is 27.5 Å². The topological polar surface area (TPSA) is 68.3 Å². The molecule has 0 atom stereocenters. The van der Waals surface area contributed by atoms with E-state index in [2.05, 4.69) is 25.6 Å². The number of sulfonamides is 1. The van der Waals surface area contributed by atoms with Crippen molar-refractivity contribution in [3.8, 4) is 5.75 Å². The molecule has 21 heavy (non-hydrogen) atoms. The Kier molecular flexibility index (Phi) is 4.75. The number of aromatic nitrogens is 1. The van der Waals surface area contributed by atoms with Gasteiger partial charge < -0.3 is 4.74 Å². The molecule has 0 fully saturated rings. The van der Waals surface area contributed by atoms with E-state index >= 15 is 0 Å². The summed E-state index contributed by atoms with van der Waals surface area (Å²) in [6.45, 7) is 1.78. The van der Waals surface area contributed by atoms with E-state index in [-0.39, 0.29) is 10.0 Å². The summed E-state index contributed by atoms with van der Waals surface area (Å²) in [5.41, 5.74) is 1.18. The van der Waals surface area contributed by atoms with Crippen LogP contribution in [0.25, 0.3) is 0 Å². The van der Waals surface area contributed by atoms with Crippen LogP contribution < -0.4 is 9.46 Å². The van der Waals surface area contributed by atoms with Crippen LogP contribution in [0.5, 0.6) is 5.75 Å². The fourth-order valence-electron chi connectivity index (χ4n) is 1.67. The maximum absolute atomic E-state index is 12.4. The summed E-state index contributed by atoms with van der Waals surface area (Å²) in [4.78, 5) is 3.73. The zero-order valence-electron chi connectivity index (χ0n) is 11.2. The first-order chi connectivity index (χ1) is 9.83. The van der Waals surface area contributed by atoms with E-state index in [0.717, 1.165) is 5.56 Å². The Balaban J connectivity index is 2.40. The maximum Gasteiger partial charge on any atom is 0.265 e. The zero-order chi connectivity index (χ0) is 15.6. The van der Waals surface area contributed by atoms with Crippen LogP contribution in [-0.4, -0.2) is 20.5 Å². The van der Waals surface area contributed by atoms with Crippen molar-refractivity contribution in [2.75, 3.05) is 11.8 Å². The Labute approximate surface area is 136 Å². The van der Waals surface area contributed by atoms with Crippen LogP contribution in [0.4, 0.5) is 5.69 Å². The molecule has 0 unspecified atom stereocenters. The van der Waals surface area contributed by atoms with Crippen molar-refractivity contribution in [1.29, 1.82) is 0 Å². The van der Waals surface area contributed by atoms with Crippen molar-refractivity contribution in [3.05, 3.63) is 45.7 Å². The number of ether oxygens (including phenoxy) is 1. The second-order valence-corrected chi connectivity index (χ2v) is 7.15. The summed E-state index contributed by atoms with van der Waals surface area (Å²) in [5, 5.41) is -0.0862. The summed E-state index contributed by atoms with van der Waals surface area (Å²) >= 11 is 9.04. The molecule has 2 rings (SSSR count). The highest BCUT2D eigenvalue weighted by Gasteiger charge is 2.20. The van der Waals surface area contributed by atoms with Gasteiger partial charge in [-0.25, -0.2) is 13.4 Å². The van der Waals surface area contributed by atoms with E-state index in [1.54, 1.807) is 32.2 Å². The molecule has 0 radical (unpaired) electrons. The fourth-order valence-corrected chi connectivity index (χ4v) is 3.75. The normalized spacial score (nSPS) is 11.2. The number of methoxy groups -OCH3 is 1. The zero-order valence-corrected chi connectivity index (χ0v) is 14.4. The van der Waals surface area contributed by atoms with E-state index in [1.807, 2.05) is 0 Å². The molecule has 0 amide bonds. The molecule has 1 aromatic carbocycles. The summed E-state index contributed by atoms with van der Waals surface area (Å²) in [6, 6.07) is 6.44. The van der Waals surface area contributed by atoms with Crippen LogP contribution in [0, 0.1) is 6.92 Å². The number of hydrogen-bond donors (Lipinski definition) is 1.